The van der Waals surface area contributed by atoms with Crippen LogP contribution < -0.4 is 4.74 Å². The van der Waals surface area contributed by atoms with Gasteiger partial charge >= 0.3 is 0 Å². The van der Waals surface area contributed by atoms with Crippen LogP contribution in [-0.2, 0) is 0 Å². The molecule has 1 aromatic heterocycles. The molecule has 2 heteroatoms. The molecule has 0 saturated carbocycles. The molecule has 1 heterocycles. The molecule has 12 heavy (non-hydrogen) atoms. The lowest BCUT2D eigenvalue weighted by atomic mass is 10.2. The third-order valence-electron chi connectivity index (χ3n) is 1.66. The highest BCUT2D eigenvalue weighted by Gasteiger charge is 1.98. The van der Waals surface area contributed by atoms with Crippen molar-refractivity contribution >= 4 is 11.0 Å². The molecule has 0 N–H and O–H groups in total. The van der Waals surface area contributed by atoms with Crippen molar-refractivity contribution in [3.63, 3.8) is 0 Å². The molecule has 0 fully saturated rings. The average Bonchev–Trinajstić information content (AvgIpc) is 2.51. The first-order valence-electron chi connectivity index (χ1n) is 3.92. The monoisotopic (exact) mass is 161 g/mol. The van der Waals surface area contributed by atoms with Crippen LogP contribution in [0.5, 0.6) is 5.75 Å². The van der Waals surface area contributed by atoms with E-state index in [1.165, 1.54) is 0 Å². The number of hydrogen-bond donors (Lipinski definition) is 0. The van der Waals surface area contributed by atoms with Crippen LogP contribution in [0.25, 0.3) is 11.0 Å². The molecule has 2 aromatic rings. The van der Waals surface area contributed by atoms with E-state index in [0.29, 0.717) is 6.61 Å². The molecule has 0 saturated heterocycles. The molecule has 1 aromatic carbocycles. The van der Waals surface area contributed by atoms with Gasteiger partial charge < -0.3 is 9.15 Å². The van der Waals surface area contributed by atoms with Gasteiger partial charge in [-0.25, -0.2) is 0 Å². The molecule has 0 spiro atoms. The van der Waals surface area contributed by atoms with Gasteiger partial charge in [0.1, 0.15) is 11.3 Å². The zero-order chi connectivity index (χ0) is 8.39. The van der Waals surface area contributed by atoms with Gasteiger partial charge in [-0.15, -0.1) is 0 Å². The Kier molecular flexibility index (Phi) is 1.74. The molecule has 0 aliphatic rings. The summed E-state index contributed by atoms with van der Waals surface area (Å²) in [5.41, 5.74) is 0.820. The topological polar surface area (TPSA) is 22.4 Å². The Bertz CT molecular complexity index is 376. The Morgan fingerprint density at radius 1 is 1.50 bits per heavy atom. The maximum atomic E-state index is 5.31. The zero-order valence-electron chi connectivity index (χ0n) is 6.83. The molecule has 0 bridgehead atoms. The lowest BCUT2D eigenvalue weighted by Crippen LogP contribution is -1.89. The quantitative estimate of drug-likeness (QED) is 0.675. The second-order valence-electron chi connectivity index (χ2n) is 2.47. The fourth-order valence-electron chi connectivity index (χ4n) is 1.13. The number of benzene rings is 1. The SMILES string of the molecule is CCOc1ccc2[c]coc2c1. The van der Waals surface area contributed by atoms with Gasteiger partial charge in [0.15, 0.2) is 0 Å². The first-order chi connectivity index (χ1) is 5.90. The van der Waals surface area contributed by atoms with Crippen LogP contribution in [0.1, 0.15) is 6.92 Å². The second-order valence-corrected chi connectivity index (χ2v) is 2.47. The number of rotatable bonds is 2. The van der Waals surface area contributed by atoms with E-state index in [-0.39, 0.29) is 0 Å². The van der Waals surface area contributed by atoms with Gasteiger partial charge in [0.05, 0.1) is 12.9 Å². The van der Waals surface area contributed by atoms with Crippen LogP contribution in [-0.4, -0.2) is 6.61 Å². The summed E-state index contributed by atoms with van der Waals surface area (Å²) in [6, 6.07) is 8.69. The maximum Gasteiger partial charge on any atom is 0.138 e. The Morgan fingerprint density at radius 2 is 2.42 bits per heavy atom. The summed E-state index contributed by atoms with van der Waals surface area (Å²) in [7, 11) is 0. The number of furan rings is 1. The fourth-order valence-corrected chi connectivity index (χ4v) is 1.13. The molecular weight excluding hydrogens is 152 g/mol. The second kappa shape index (κ2) is 2.89. The molecule has 2 rings (SSSR count). The summed E-state index contributed by atoms with van der Waals surface area (Å²) < 4.78 is 10.5. The smallest absolute Gasteiger partial charge is 0.138 e. The number of hydrogen-bond acceptors (Lipinski definition) is 2. The van der Waals surface area contributed by atoms with Gasteiger partial charge in [-0.3, -0.25) is 0 Å². The van der Waals surface area contributed by atoms with Crippen molar-refractivity contribution in [2.45, 2.75) is 6.92 Å². The molecule has 61 valence electrons. The van der Waals surface area contributed by atoms with Crippen LogP contribution in [0.15, 0.2) is 28.9 Å². The molecular formula is C10H9O2. The van der Waals surface area contributed by atoms with Crippen LogP contribution >= 0.6 is 0 Å². The summed E-state index contributed by atoms with van der Waals surface area (Å²) in [5, 5.41) is 0.985. The number of fused-ring (bicyclic) bond motifs is 1. The van der Waals surface area contributed by atoms with E-state index in [4.69, 9.17) is 9.15 Å². The summed E-state index contributed by atoms with van der Waals surface area (Å²) in [5.74, 6) is 0.841. The van der Waals surface area contributed by atoms with Crippen molar-refractivity contribution in [1.82, 2.24) is 0 Å². The Labute approximate surface area is 70.8 Å². The van der Waals surface area contributed by atoms with Crippen molar-refractivity contribution in [1.29, 1.82) is 0 Å². The summed E-state index contributed by atoms with van der Waals surface area (Å²) in [6.07, 6.45) is 1.56. The van der Waals surface area contributed by atoms with Gasteiger partial charge in [-0.05, 0) is 19.1 Å². The first kappa shape index (κ1) is 7.22. The largest absolute Gasteiger partial charge is 0.494 e. The van der Waals surface area contributed by atoms with Gasteiger partial charge in [0, 0.05) is 17.5 Å². The highest BCUT2D eigenvalue weighted by molar-refractivity contribution is 5.77. The fraction of sp³-hybridized carbons (Fsp3) is 0.200. The predicted molar refractivity (Wildman–Crippen MR) is 46.2 cm³/mol. The van der Waals surface area contributed by atoms with Gasteiger partial charge in [0.25, 0.3) is 0 Å². The third-order valence-corrected chi connectivity index (χ3v) is 1.66. The minimum atomic E-state index is 0.677. The average molecular weight is 161 g/mol. The van der Waals surface area contributed by atoms with Gasteiger partial charge in [0.2, 0.25) is 0 Å². The maximum absolute atomic E-state index is 5.31. The van der Waals surface area contributed by atoms with Crippen molar-refractivity contribution in [2.75, 3.05) is 6.61 Å². The lowest BCUT2D eigenvalue weighted by molar-refractivity contribution is 0.340. The van der Waals surface area contributed by atoms with E-state index >= 15 is 0 Å². The Balaban J connectivity index is 2.46. The molecule has 0 unspecified atom stereocenters. The summed E-state index contributed by atoms with van der Waals surface area (Å²) >= 11 is 0. The zero-order valence-corrected chi connectivity index (χ0v) is 6.83. The third kappa shape index (κ3) is 1.16. The summed E-state index contributed by atoms with van der Waals surface area (Å²) in [4.78, 5) is 0. The normalized spacial score (nSPS) is 10.4. The molecule has 0 atom stereocenters. The van der Waals surface area contributed by atoms with Crippen molar-refractivity contribution in [2.24, 2.45) is 0 Å². The van der Waals surface area contributed by atoms with Crippen molar-refractivity contribution < 1.29 is 9.15 Å². The molecule has 1 radical (unpaired) electrons. The van der Waals surface area contributed by atoms with Crippen LogP contribution in [0.4, 0.5) is 0 Å². The molecule has 0 amide bonds. The van der Waals surface area contributed by atoms with Crippen molar-refractivity contribution in [3.8, 4) is 5.75 Å². The lowest BCUT2D eigenvalue weighted by Gasteiger charge is -2.00. The van der Waals surface area contributed by atoms with Crippen molar-refractivity contribution in [3.05, 3.63) is 30.5 Å². The van der Waals surface area contributed by atoms with E-state index in [1.54, 1.807) is 6.26 Å². The van der Waals surface area contributed by atoms with E-state index in [9.17, 15) is 0 Å². The van der Waals surface area contributed by atoms with Crippen LogP contribution in [0, 0.1) is 6.07 Å². The standard InChI is InChI=1S/C10H9O2/c1-2-11-9-4-3-8-5-6-12-10(8)7-9/h3-4,6-7H,2H2,1H3. The van der Waals surface area contributed by atoms with E-state index < -0.39 is 0 Å². The minimum absolute atomic E-state index is 0.677. The number of ether oxygens (including phenoxy) is 1. The van der Waals surface area contributed by atoms with Gasteiger partial charge in [-0.2, -0.15) is 0 Å². The van der Waals surface area contributed by atoms with Gasteiger partial charge in [-0.1, -0.05) is 0 Å². The van der Waals surface area contributed by atoms with Crippen LogP contribution in [0.2, 0.25) is 0 Å². The molecule has 0 aliphatic carbocycles. The molecule has 2 nitrogen and oxygen atoms in total. The first-order valence-corrected chi connectivity index (χ1v) is 3.92. The summed E-state index contributed by atoms with van der Waals surface area (Å²) in [6.45, 7) is 2.63. The van der Waals surface area contributed by atoms with E-state index in [0.717, 1.165) is 16.7 Å². The van der Waals surface area contributed by atoms with E-state index in [1.807, 2.05) is 25.1 Å². The van der Waals surface area contributed by atoms with E-state index in [2.05, 4.69) is 6.07 Å². The highest BCUT2D eigenvalue weighted by atomic mass is 16.5. The highest BCUT2D eigenvalue weighted by Crippen LogP contribution is 2.20. The predicted octanol–water partition coefficient (Wildman–Crippen LogP) is 2.63. The molecule has 0 aliphatic heterocycles. The minimum Gasteiger partial charge on any atom is -0.494 e. The van der Waals surface area contributed by atoms with Crippen LogP contribution in [0.3, 0.4) is 0 Å². The Morgan fingerprint density at radius 3 is 3.25 bits per heavy atom. The Hall–Kier alpha value is -1.44.